The van der Waals surface area contributed by atoms with Gasteiger partial charge in [-0.25, -0.2) is 19.4 Å². The van der Waals surface area contributed by atoms with Crippen molar-refractivity contribution in [2.24, 2.45) is 0 Å². The third-order valence-electron chi connectivity index (χ3n) is 2.03. The molecule has 2 heterocycles. The van der Waals surface area contributed by atoms with Gasteiger partial charge in [0, 0.05) is 11.9 Å². The number of hydrogen-bond acceptors (Lipinski definition) is 5. The highest BCUT2D eigenvalue weighted by atomic mass is 16.4. The number of hydrogen-bond donors (Lipinski definition) is 2. The van der Waals surface area contributed by atoms with Crippen molar-refractivity contribution >= 4 is 17.6 Å². The topological polar surface area (TPSA) is 110 Å². The number of rotatable bonds is 4. The molecule has 1 amide bonds. The maximum atomic E-state index is 11.6. The van der Waals surface area contributed by atoms with Crippen LogP contribution in [0.3, 0.4) is 0 Å². The van der Waals surface area contributed by atoms with Crippen molar-refractivity contribution in [1.29, 1.82) is 0 Å². The number of amides is 1. The molecule has 0 aliphatic heterocycles. The van der Waals surface area contributed by atoms with Crippen LogP contribution in [0, 0.1) is 0 Å². The third-order valence-corrected chi connectivity index (χ3v) is 2.03. The summed E-state index contributed by atoms with van der Waals surface area (Å²) in [7, 11) is 0. The lowest BCUT2D eigenvalue weighted by Crippen LogP contribution is -2.19. The zero-order valence-electron chi connectivity index (χ0n) is 9.15. The van der Waals surface area contributed by atoms with E-state index in [0.717, 1.165) is 0 Å². The van der Waals surface area contributed by atoms with E-state index in [-0.39, 0.29) is 18.1 Å². The summed E-state index contributed by atoms with van der Waals surface area (Å²) in [4.78, 5) is 29.6. The van der Waals surface area contributed by atoms with Crippen molar-refractivity contribution in [1.82, 2.24) is 19.7 Å². The average Bonchev–Trinajstić information content (AvgIpc) is 2.82. The van der Waals surface area contributed by atoms with Gasteiger partial charge < -0.3 is 10.4 Å². The van der Waals surface area contributed by atoms with Crippen LogP contribution in [-0.2, 0) is 11.3 Å². The Hall–Kier alpha value is -2.77. The summed E-state index contributed by atoms with van der Waals surface area (Å²) in [5.41, 5.74) is 0.237. The summed E-state index contributed by atoms with van der Waals surface area (Å²) in [6.07, 6.45) is 4.05. The number of carbonyl (C=O) groups is 2. The first kappa shape index (κ1) is 11.7. The Balaban J connectivity index is 2.03. The minimum atomic E-state index is -1.15. The van der Waals surface area contributed by atoms with E-state index in [1.165, 1.54) is 35.7 Å². The highest BCUT2D eigenvalue weighted by Crippen LogP contribution is 2.07. The molecule has 8 heteroatoms. The van der Waals surface area contributed by atoms with Gasteiger partial charge in [0.05, 0.1) is 0 Å². The maximum absolute atomic E-state index is 11.6. The lowest BCUT2D eigenvalue weighted by molar-refractivity contribution is -0.116. The highest BCUT2D eigenvalue weighted by Gasteiger charge is 2.08. The number of anilines is 1. The van der Waals surface area contributed by atoms with Gasteiger partial charge in [0.1, 0.15) is 24.9 Å². The summed E-state index contributed by atoms with van der Waals surface area (Å²) in [5.74, 6) is -1.48. The maximum Gasteiger partial charge on any atom is 0.354 e. The van der Waals surface area contributed by atoms with Crippen molar-refractivity contribution in [2.75, 3.05) is 5.32 Å². The average molecular weight is 247 g/mol. The van der Waals surface area contributed by atoms with Crippen molar-refractivity contribution in [3.8, 4) is 0 Å². The fourth-order valence-corrected chi connectivity index (χ4v) is 1.29. The standard InChI is InChI=1S/C10H9N5O3/c16-9(4-15-6-11-5-13-15)14-7-1-2-12-8(3-7)10(17)18/h1-3,5-6H,4H2,(H,17,18)(H,12,14,16). The van der Waals surface area contributed by atoms with Crippen LogP contribution in [0.4, 0.5) is 5.69 Å². The van der Waals surface area contributed by atoms with Crippen molar-refractivity contribution < 1.29 is 14.7 Å². The van der Waals surface area contributed by atoms with E-state index >= 15 is 0 Å². The predicted octanol–water partition coefficient (Wildman–Crippen LogP) is 0.01000. The van der Waals surface area contributed by atoms with Crippen molar-refractivity contribution in [2.45, 2.75) is 6.54 Å². The Morgan fingerprint density at radius 1 is 1.44 bits per heavy atom. The van der Waals surface area contributed by atoms with E-state index in [2.05, 4.69) is 20.4 Å². The zero-order chi connectivity index (χ0) is 13.0. The summed E-state index contributed by atoms with van der Waals surface area (Å²) in [5, 5.41) is 15.1. The molecule has 92 valence electrons. The molecule has 0 radical (unpaired) electrons. The summed E-state index contributed by atoms with van der Waals surface area (Å²) >= 11 is 0. The second-order valence-corrected chi connectivity index (χ2v) is 3.38. The van der Waals surface area contributed by atoms with E-state index < -0.39 is 5.97 Å². The van der Waals surface area contributed by atoms with Gasteiger partial charge in [0.25, 0.3) is 0 Å². The number of aromatic carboxylic acids is 1. The van der Waals surface area contributed by atoms with Crippen molar-refractivity contribution in [3.05, 3.63) is 36.7 Å². The van der Waals surface area contributed by atoms with Crippen LogP contribution in [0.2, 0.25) is 0 Å². The Labute approximate surface area is 101 Å². The summed E-state index contributed by atoms with van der Waals surface area (Å²) in [6, 6.07) is 2.78. The number of nitrogens with zero attached hydrogens (tertiary/aromatic N) is 4. The molecule has 0 spiro atoms. The first-order chi connectivity index (χ1) is 8.65. The largest absolute Gasteiger partial charge is 0.477 e. The van der Waals surface area contributed by atoms with E-state index in [1.54, 1.807) is 0 Å². The van der Waals surface area contributed by atoms with Crippen LogP contribution >= 0.6 is 0 Å². The molecule has 18 heavy (non-hydrogen) atoms. The minimum Gasteiger partial charge on any atom is -0.477 e. The quantitative estimate of drug-likeness (QED) is 0.787. The number of carbonyl (C=O) groups excluding carboxylic acids is 1. The lowest BCUT2D eigenvalue weighted by atomic mass is 10.3. The highest BCUT2D eigenvalue weighted by molar-refractivity contribution is 5.92. The first-order valence-corrected chi connectivity index (χ1v) is 4.97. The van der Waals surface area contributed by atoms with Crippen LogP contribution in [0.25, 0.3) is 0 Å². The molecule has 0 aliphatic rings. The molecule has 2 aromatic heterocycles. The normalized spacial score (nSPS) is 10.0. The Kier molecular flexibility index (Phi) is 3.28. The minimum absolute atomic E-state index is 0.00469. The van der Waals surface area contributed by atoms with Gasteiger partial charge in [-0.05, 0) is 12.1 Å². The fraction of sp³-hybridized carbons (Fsp3) is 0.100. The van der Waals surface area contributed by atoms with Crippen molar-refractivity contribution in [3.63, 3.8) is 0 Å². The molecule has 2 N–H and O–H groups in total. The second-order valence-electron chi connectivity index (χ2n) is 3.38. The molecule has 0 unspecified atom stereocenters. The monoisotopic (exact) mass is 247 g/mol. The zero-order valence-corrected chi connectivity index (χ0v) is 9.15. The molecule has 0 aliphatic carbocycles. The van der Waals surface area contributed by atoms with E-state index in [1.807, 2.05) is 0 Å². The van der Waals surface area contributed by atoms with Gasteiger partial charge >= 0.3 is 5.97 Å². The summed E-state index contributed by atoms with van der Waals surface area (Å²) < 4.78 is 1.36. The number of aromatic nitrogens is 4. The number of nitrogens with one attached hydrogen (secondary N) is 1. The van der Waals surface area contributed by atoms with Gasteiger partial charge in [-0.2, -0.15) is 5.10 Å². The van der Waals surface area contributed by atoms with Crippen LogP contribution < -0.4 is 5.32 Å². The first-order valence-electron chi connectivity index (χ1n) is 4.97. The van der Waals surface area contributed by atoms with Crippen LogP contribution in [0.1, 0.15) is 10.5 Å². The van der Waals surface area contributed by atoms with Gasteiger partial charge in [0.2, 0.25) is 5.91 Å². The summed E-state index contributed by atoms with van der Waals surface area (Å²) in [6.45, 7) is 0.00469. The van der Waals surface area contributed by atoms with Gasteiger partial charge in [-0.1, -0.05) is 0 Å². The molecular formula is C10H9N5O3. The van der Waals surface area contributed by atoms with Gasteiger partial charge in [-0.15, -0.1) is 0 Å². The SMILES string of the molecule is O=C(Cn1cncn1)Nc1ccnc(C(=O)O)c1. The number of carboxylic acids is 1. The Morgan fingerprint density at radius 3 is 2.94 bits per heavy atom. The molecule has 0 saturated heterocycles. The molecule has 2 aromatic rings. The van der Waals surface area contributed by atoms with Crippen LogP contribution in [0.5, 0.6) is 0 Å². The van der Waals surface area contributed by atoms with Crippen LogP contribution in [0.15, 0.2) is 31.0 Å². The predicted molar refractivity (Wildman–Crippen MR) is 59.8 cm³/mol. The van der Waals surface area contributed by atoms with Gasteiger partial charge in [-0.3, -0.25) is 4.79 Å². The molecule has 0 atom stereocenters. The Morgan fingerprint density at radius 2 is 2.28 bits per heavy atom. The van der Waals surface area contributed by atoms with E-state index in [4.69, 9.17) is 5.11 Å². The smallest absolute Gasteiger partial charge is 0.354 e. The fourth-order valence-electron chi connectivity index (χ4n) is 1.29. The molecule has 0 bridgehead atoms. The van der Waals surface area contributed by atoms with Gasteiger partial charge in [0.15, 0.2) is 0 Å². The molecule has 0 fully saturated rings. The second kappa shape index (κ2) is 5.04. The van der Waals surface area contributed by atoms with E-state index in [9.17, 15) is 9.59 Å². The molecule has 2 rings (SSSR count). The molecule has 0 saturated carbocycles. The number of carboxylic acid groups (broad SMARTS) is 1. The number of pyridine rings is 1. The molecular weight excluding hydrogens is 238 g/mol. The molecule has 8 nitrogen and oxygen atoms in total. The van der Waals surface area contributed by atoms with E-state index in [0.29, 0.717) is 5.69 Å². The lowest BCUT2D eigenvalue weighted by Gasteiger charge is -2.05. The van der Waals surface area contributed by atoms with Crippen LogP contribution in [-0.4, -0.2) is 36.7 Å². The Bertz CT molecular complexity index is 567. The molecule has 0 aromatic carbocycles. The third kappa shape index (κ3) is 2.88.